The third kappa shape index (κ3) is 6.52. The molecule has 8 nitrogen and oxygen atoms in total. The molecule has 1 saturated heterocycles. The van der Waals surface area contributed by atoms with Gasteiger partial charge < -0.3 is 15.5 Å². The standard InChI is InChI=1S/C33H43N5O3/c1-3-23(2)29(32(41)38-19-15-33(16-20-38)14-13-25-11-7-8-12-26(25)33)37-30(39)27(21-24-9-5-4-6-10-24)36-31(40)28-22-34-17-18-35-28/h7-8,11-14,17-18,22-24,27,29H,3-6,9-10,15-16,19-21H2,1-2H3,(H,36,40)(H,37,39)/t23-,27-,29-/m0/s1. The van der Waals surface area contributed by atoms with Gasteiger partial charge in [-0.3, -0.25) is 19.4 Å². The van der Waals surface area contributed by atoms with Gasteiger partial charge in [0.2, 0.25) is 11.8 Å². The first kappa shape index (κ1) is 29.0. The van der Waals surface area contributed by atoms with Gasteiger partial charge in [-0.05, 0) is 42.2 Å². The Morgan fingerprint density at radius 2 is 1.80 bits per heavy atom. The Bertz CT molecular complexity index is 1250. The first-order valence-electron chi connectivity index (χ1n) is 15.3. The summed E-state index contributed by atoms with van der Waals surface area (Å²) in [5.74, 6) is -0.436. The molecule has 3 atom stereocenters. The molecule has 3 amide bonds. The number of aromatic nitrogens is 2. The van der Waals surface area contributed by atoms with Crippen molar-refractivity contribution in [1.82, 2.24) is 25.5 Å². The molecular weight excluding hydrogens is 514 g/mol. The largest absolute Gasteiger partial charge is 0.342 e. The van der Waals surface area contributed by atoms with E-state index in [2.05, 4.69) is 57.0 Å². The molecular formula is C33H43N5O3. The summed E-state index contributed by atoms with van der Waals surface area (Å²) >= 11 is 0. The smallest absolute Gasteiger partial charge is 0.272 e. The quantitative estimate of drug-likeness (QED) is 0.467. The summed E-state index contributed by atoms with van der Waals surface area (Å²) in [7, 11) is 0. The molecule has 2 heterocycles. The molecule has 0 radical (unpaired) electrons. The Morgan fingerprint density at radius 3 is 2.51 bits per heavy atom. The number of carbonyl (C=O) groups excluding carboxylic acids is 3. The van der Waals surface area contributed by atoms with E-state index in [1.807, 2.05) is 18.7 Å². The summed E-state index contributed by atoms with van der Waals surface area (Å²) in [6.45, 7) is 5.35. The van der Waals surface area contributed by atoms with Gasteiger partial charge in [0.05, 0.1) is 6.20 Å². The van der Waals surface area contributed by atoms with Crippen LogP contribution in [0.4, 0.5) is 0 Å². The Balaban J connectivity index is 1.28. The van der Waals surface area contributed by atoms with Gasteiger partial charge in [0.15, 0.2) is 0 Å². The molecule has 2 aliphatic carbocycles. The second-order valence-electron chi connectivity index (χ2n) is 12.1. The number of likely N-dealkylation sites (tertiary alicyclic amines) is 1. The topological polar surface area (TPSA) is 104 Å². The maximum atomic E-state index is 13.9. The van der Waals surface area contributed by atoms with Crippen LogP contribution in [0.2, 0.25) is 0 Å². The van der Waals surface area contributed by atoms with E-state index in [1.54, 1.807) is 0 Å². The molecule has 2 N–H and O–H groups in total. The van der Waals surface area contributed by atoms with Gasteiger partial charge in [0.1, 0.15) is 17.8 Å². The zero-order chi connectivity index (χ0) is 28.8. The van der Waals surface area contributed by atoms with Crippen LogP contribution < -0.4 is 10.6 Å². The van der Waals surface area contributed by atoms with Crippen molar-refractivity contribution < 1.29 is 14.4 Å². The highest BCUT2D eigenvalue weighted by Gasteiger charge is 2.41. The summed E-state index contributed by atoms with van der Waals surface area (Å²) in [5, 5.41) is 6.01. The molecule has 2 fully saturated rings. The second kappa shape index (κ2) is 13.0. The van der Waals surface area contributed by atoms with Crippen molar-refractivity contribution in [2.45, 2.75) is 89.1 Å². The van der Waals surface area contributed by atoms with Gasteiger partial charge >= 0.3 is 0 Å². The van der Waals surface area contributed by atoms with E-state index in [4.69, 9.17) is 0 Å². The Hall–Kier alpha value is -3.55. The first-order chi connectivity index (χ1) is 19.9. The molecule has 8 heteroatoms. The molecule has 1 aromatic carbocycles. The predicted molar refractivity (Wildman–Crippen MR) is 159 cm³/mol. The minimum Gasteiger partial charge on any atom is -0.342 e. The number of piperidine rings is 1. The lowest BCUT2D eigenvalue weighted by molar-refractivity contribution is -0.139. The van der Waals surface area contributed by atoms with Crippen molar-refractivity contribution in [2.75, 3.05) is 13.1 Å². The molecule has 1 spiro atoms. The van der Waals surface area contributed by atoms with Crippen LogP contribution in [0.15, 0.2) is 48.9 Å². The molecule has 5 rings (SSSR count). The van der Waals surface area contributed by atoms with Crippen molar-refractivity contribution in [3.63, 3.8) is 0 Å². The first-order valence-corrected chi connectivity index (χ1v) is 15.3. The van der Waals surface area contributed by atoms with E-state index in [9.17, 15) is 14.4 Å². The number of nitrogens with one attached hydrogen (secondary N) is 2. The number of fused-ring (bicyclic) bond motifs is 2. The van der Waals surface area contributed by atoms with Gasteiger partial charge in [0, 0.05) is 30.9 Å². The molecule has 0 bridgehead atoms. The maximum Gasteiger partial charge on any atom is 0.272 e. The van der Waals surface area contributed by atoms with Crippen LogP contribution >= 0.6 is 0 Å². The van der Waals surface area contributed by atoms with Crippen LogP contribution in [-0.4, -0.2) is 57.8 Å². The third-order valence-electron chi connectivity index (χ3n) is 9.53. The number of hydrogen-bond acceptors (Lipinski definition) is 5. The fourth-order valence-corrected chi connectivity index (χ4v) is 6.77. The molecule has 218 valence electrons. The van der Waals surface area contributed by atoms with Gasteiger partial charge in [-0.15, -0.1) is 0 Å². The number of hydrogen-bond donors (Lipinski definition) is 2. The van der Waals surface area contributed by atoms with Crippen LogP contribution in [0.5, 0.6) is 0 Å². The zero-order valence-corrected chi connectivity index (χ0v) is 24.4. The molecule has 2 aromatic rings. The summed E-state index contributed by atoms with van der Waals surface area (Å²) in [4.78, 5) is 50.7. The maximum absolute atomic E-state index is 13.9. The van der Waals surface area contributed by atoms with Gasteiger partial charge in [0.25, 0.3) is 5.91 Å². The molecule has 1 aromatic heterocycles. The number of carbonyl (C=O) groups is 3. The minimum atomic E-state index is -0.739. The van der Waals surface area contributed by atoms with Gasteiger partial charge in [-0.25, -0.2) is 4.98 Å². The summed E-state index contributed by atoms with van der Waals surface area (Å²) in [6, 6.07) is 7.13. The van der Waals surface area contributed by atoms with Gasteiger partial charge in [-0.2, -0.15) is 0 Å². The summed E-state index contributed by atoms with van der Waals surface area (Å²) < 4.78 is 0. The zero-order valence-electron chi connectivity index (χ0n) is 24.4. The van der Waals surface area contributed by atoms with Crippen molar-refractivity contribution in [2.24, 2.45) is 11.8 Å². The SMILES string of the molecule is CC[C@H](C)[C@H](NC(=O)[C@H](CC1CCCCC1)NC(=O)c1cnccn1)C(=O)N1CCC2(C=Cc3ccccc32)CC1. The second-order valence-corrected chi connectivity index (χ2v) is 12.1. The van der Waals surface area contributed by atoms with Crippen LogP contribution in [0.25, 0.3) is 6.08 Å². The van der Waals surface area contributed by atoms with Crippen molar-refractivity contribution in [1.29, 1.82) is 0 Å². The highest BCUT2D eigenvalue weighted by molar-refractivity contribution is 5.97. The Morgan fingerprint density at radius 1 is 1.05 bits per heavy atom. The van der Waals surface area contributed by atoms with Crippen molar-refractivity contribution in [3.8, 4) is 0 Å². The van der Waals surface area contributed by atoms with E-state index >= 15 is 0 Å². The van der Waals surface area contributed by atoms with E-state index in [0.29, 0.717) is 25.4 Å². The number of allylic oxidation sites excluding steroid dienone is 1. The Kier molecular flexibility index (Phi) is 9.15. The molecule has 41 heavy (non-hydrogen) atoms. The monoisotopic (exact) mass is 557 g/mol. The number of benzene rings is 1. The van der Waals surface area contributed by atoms with E-state index in [0.717, 1.165) is 44.9 Å². The average molecular weight is 558 g/mol. The van der Waals surface area contributed by atoms with E-state index < -0.39 is 18.0 Å². The van der Waals surface area contributed by atoms with E-state index in [1.165, 1.54) is 36.1 Å². The van der Waals surface area contributed by atoms with Crippen LogP contribution in [0.1, 0.15) is 93.3 Å². The lowest BCUT2D eigenvalue weighted by atomic mass is 9.74. The fraction of sp³-hybridized carbons (Fsp3) is 0.545. The molecule has 1 saturated carbocycles. The minimum absolute atomic E-state index is 0.0157. The van der Waals surface area contributed by atoms with Crippen molar-refractivity contribution in [3.05, 3.63) is 65.8 Å². The highest BCUT2D eigenvalue weighted by atomic mass is 16.2. The van der Waals surface area contributed by atoms with Crippen LogP contribution in [-0.2, 0) is 15.0 Å². The van der Waals surface area contributed by atoms with E-state index in [-0.39, 0.29) is 28.8 Å². The fourth-order valence-electron chi connectivity index (χ4n) is 6.77. The third-order valence-corrected chi connectivity index (χ3v) is 9.53. The lowest BCUT2D eigenvalue weighted by Crippen LogP contribution is -2.58. The molecule has 3 aliphatic rings. The molecule has 0 unspecified atom stereocenters. The Labute approximate surface area is 243 Å². The summed E-state index contributed by atoms with van der Waals surface area (Å²) in [5.41, 5.74) is 2.78. The lowest BCUT2D eigenvalue weighted by Gasteiger charge is -2.41. The average Bonchev–Trinajstić information content (AvgIpc) is 3.37. The number of nitrogens with zero attached hydrogens (tertiary/aromatic N) is 3. The molecule has 1 aliphatic heterocycles. The normalized spacial score (nSPS) is 20.2. The van der Waals surface area contributed by atoms with Crippen molar-refractivity contribution >= 4 is 23.8 Å². The number of amides is 3. The predicted octanol–water partition coefficient (Wildman–Crippen LogP) is 4.66. The van der Waals surface area contributed by atoms with Crippen LogP contribution in [0, 0.1) is 11.8 Å². The van der Waals surface area contributed by atoms with Crippen LogP contribution in [0.3, 0.4) is 0 Å². The number of rotatable bonds is 9. The summed E-state index contributed by atoms with van der Waals surface area (Å²) in [6.07, 6.45) is 17.5. The van der Waals surface area contributed by atoms with Gasteiger partial charge in [-0.1, -0.05) is 88.8 Å². The highest BCUT2D eigenvalue weighted by Crippen LogP contribution is 2.43.